The first-order chi connectivity index (χ1) is 7.50. The van der Waals surface area contributed by atoms with Gasteiger partial charge < -0.3 is 19.4 Å². The minimum absolute atomic E-state index is 0.0875. The zero-order valence-electron chi connectivity index (χ0n) is 9.88. The van der Waals surface area contributed by atoms with Crippen LogP contribution in [0.2, 0.25) is 0 Å². The summed E-state index contributed by atoms with van der Waals surface area (Å²) in [6.07, 6.45) is -0.505. The summed E-state index contributed by atoms with van der Waals surface area (Å²) in [5, 5.41) is 0. The van der Waals surface area contributed by atoms with Crippen LogP contribution in [0.1, 0.15) is 0 Å². The number of rotatable bonds is 2. The summed E-state index contributed by atoms with van der Waals surface area (Å²) in [7, 11) is 6.61. The van der Waals surface area contributed by atoms with Crippen LogP contribution in [0.25, 0.3) is 0 Å². The number of hydrogen-bond donors (Lipinski definition) is 0. The van der Waals surface area contributed by atoms with Gasteiger partial charge in [-0.2, -0.15) is 0 Å². The van der Waals surface area contributed by atoms with Gasteiger partial charge in [0.05, 0.1) is 0 Å². The van der Waals surface area contributed by atoms with E-state index in [1.807, 2.05) is 0 Å². The molecule has 0 saturated carbocycles. The summed E-state index contributed by atoms with van der Waals surface area (Å²) in [5.41, 5.74) is 0. The Morgan fingerprint density at radius 3 is 2.06 bits per heavy atom. The van der Waals surface area contributed by atoms with Crippen LogP contribution in [-0.2, 0) is 4.74 Å². The number of nitrogens with zero attached hydrogens (tertiary/aromatic N) is 4. The average Bonchev–Trinajstić information content (AvgIpc) is 2.62. The molecule has 0 aromatic carbocycles. The second-order valence-corrected chi connectivity index (χ2v) is 4.11. The summed E-state index contributed by atoms with van der Waals surface area (Å²) in [6, 6.07) is -0.210. The quantitative estimate of drug-likeness (QED) is 0.646. The van der Waals surface area contributed by atoms with E-state index in [1.165, 1.54) is 7.11 Å². The van der Waals surface area contributed by atoms with Crippen molar-refractivity contribution in [2.75, 3.05) is 35.0 Å². The molecule has 2 aliphatic rings. The highest BCUT2D eigenvalue weighted by molar-refractivity contribution is 5.84. The fourth-order valence-electron chi connectivity index (χ4n) is 2.40. The van der Waals surface area contributed by atoms with E-state index in [9.17, 15) is 9.59 Å². The molecule has 0 aromatic heterocycles. The maximum Gasteiger partial charge on any atom is 0.325 e. The molecule has 0 radical (unpaired) electrons. The molecule has 2 aliphatic heterocycles. The lowest BCUT2D eigenvalue weighted by atomic mass is 10.4. The van der Waals surface area contributed by atoms with Gasteiger partial charge in [0.15, 0.2) is 6.17 Å². The molecule has 2 atom stereocenters. The Morgan fingerprint density at radius 1 is 1.00 bits per heavy atom. The number of carbonyl (C=O) groups excluding carboxylic acids is 2. The molecule has 0 bridgehead atoms. The van der Waals surface area contributed by atoms with Crippen LogP contribution in [0.5, 0.6) is 0 Å². The molecule has 16 heavy (non-hydrogen) atoms. The number of likely N-dealkylation sites (N-methyl/N-ethyl adjacent to an activating group) is 3. The van der Waals surface area contributed by atoms with Crippen LogP contribution < -0.4 is 0 Å². The van der Waals surface area contributed by atoms with Gasteiger partial charge in [0.1, 0.15) is 12.9 Å². The normalized spacial score (nSPS) is 29.5. The minimum atomic E-state index is -0.269. The van der Waals surface area contributed by atoms with Crippen molar-refractivity contribution in [2.45, 2.75) is 12.3 Å². The molecule has 0 aliphatic carbocycles. The molecule has 90 valence electrons. The predicted octanol–water partition coefficient (Wildman–Crippen LogP) is -0.393. The first kappa shape index (κ1) is 11.0. The summed E-state index contributed by atoms with van der Waals surface area (Å²) in [6.45, 7) is 0.190. The third-order valence-corrected chi connectivity index (χ3v) is 3.20. The summed E-state index contributed by atoms with van der Waals surface area (Å²) in [5.74, 6) is 0. The van der Waals surface area contributed by atoms with E-state index < -0.39 is 0 Å². The Bertz CT molecular complexity index is 335. The number of urea groups is 2. The zero-order valence-corrected chi connectivity index (χ0v) is 9.88. The van der Waals surface area contributed by atoms with Gasteiger partial charge in [-0.05, 0) is 0 Å². The van der Waals surface area contributed by atoms with E-state index in [2.05, 4.69) is 0 Å². The Morgan fingerprint density at radius 2 is 1.50 bits per heavy atom. The van der Waals surface area contributed by atoms with Gasteiger partial charge in [0.25, 0.3) is 0 Å². The molecule has 2 rings (SSSR count). The lowest BCUT2D eigenvalue weighted by Crippen LogP contribution is -2.45. The molecule has 7 heteroatoms. The Labute approximate surface area is 94.1 Å². The molecule has 7 nitrogen and oxygen atoms in total. The largest absolute Gasteiger partial charge is 0.364 e. The second kappa shape index (κ2) is 3.51. The van der Waals surface area contributed by atoms with Crippen molar-refractivity contribution in [2.24, 2.45) is 0 Å². The van der Waals surface area contributed by atoms with Crippen molar-refractivity contribution in [1.82, 2.24) is 19.6 Å². The fourth-order valence-corrected chi connectivity index (χ4v) is 2.40. The molecule has 4 amide bonds. The number of hydrogen-bond acceptors (Lipinski definition) is 3. The number of fused-ring (bicyclic) bond motifs is 1. The number of amides is 4. The molecule has 0 spiro atoms. The zero-order chi connectivity index (χ0) is 12.0. The SMILES string of the molecule is COCN1C(=O)N(C)C2C1N(C)C(=O)N2C. The van der Waals surface area contributed by atoms with Gasteiger partial charge >= 0.3 is 12.1 Å². The number of methoxy groups -OCH3 is 1. The van der Waals surface area contributed by atoms with E-state index >= 15 is 0 Å². The Balaban J connectivity index is 2.32. The van der Waals surface area contributed by atoms with Crippen LogP contribution in [-0.4, -0.2) is 79.0 Å². The third-order valence-electron chi connectivity index (χ3n) is 3.20. The van der Waals surface area contributed by atoms with E-state index in [1.54, 1.807) is 40.7 Å². The molecular formula is C9H16N4O3. The van der Waals surface area contributed by atoms with Crippen molar-refractivity contribution in [1.29, 1.82) is 0 Å². The highest BCUT2D eigenvalue weighted by Gasteiger charge is 2.55. The molecule has 2 saturated heterocycles. The topological polar surface area (TPSA) is 56.3 Å². The first-order valence-corrected chi connectivity index (χ1v) is 5.02. The molecule has 2 unspecified atom stereocenters. The fraction of sp³-hybridized carbons (Fsp3) is 0.778. The summed E-state index contributed by atoms with van der Waals surface area (Å²) in [4.78, 5) is 29.9. The van der Waals surface area contributed by atoms with Crippen molar-refractivity contribution < 1.29 is 14.3 Å². The third kappa shape index (κ3) is 1.18. The van der Waals surface area contributed by atoms with Gasteiger partial charge in [-0.1, -0.05) is 0 Å². The van der Waals surface area contributed by atoms with E-state index in [-0.39, 0.29) is 31.1 Å². The highest BCUT2D eigenvalue weighted by atomic mass is 16.5. The van der Waals surface area contributed by atoms with E-state index in [0.29, 0.717) is 0 Å². The first-order valence-electron chi connectivity index (χ1n) is 5.02. The average molecular weight is 228 g/mol. The van der Waals surface area contributed by atoms with Gasteiger partial charge in [0.2, 0.25) is 0 Å². The smallest absolute Gasteiger partial charge is 0.325 e. The van der Waals surface area contributed by atoms with Crippen molar-refractivity contribution in [3.63, 3.8) is 0 Å². The van der Waals surface area contributed by atoms with Crippen LogP contribution in [0.4, 0.5) is 9.59 Å². The van der Waals surface area contributed by atoms with E-state index in [4.69, 9.17) is 4.74 Å². The molecule has 2 heterocycles. The number of ether oxygens (including phenoxy) is 1. The van der Waals surface area contributed by atoms with Crippen molar-refractivity contribution in [3.8, 4) is 0 Å². The van der Waals surface area contributed by atoms with Crippen LogP contribution in [0.15, 0.2) is 0 Å². The molecular weight excluding hydrogens is 212 g/mol. The van der Waals surface area contributed by atoms with Crippen LogP contribution >= 0.6 is 0 Å². The van der Waals surface area contributed by atoms with Crippen LogP contribution in [0, 0.1) is 0 Å². The summed E-state index contributed by atoms with van der Waals surface area (Å²) < 4.78 is 4.99. The maximum atomic E-state index is 11.9. The Kier molecular flexibility index (Phi) is 2.42. The Hall–Kier alpha value is -1.50. The molecule has 0 aromatic rings. The highest BCUT2D eigenvalue weighted by Crippen LogP contribution is 2.31. The number of carbonyl (C=O) groups is 2. The van der Waals surface area contributed by atoms with Gasteiger partial charge in [-0.3, -0.25) is 4.90 Å². The standard InChI is InChI=1S/C9H16N4O3/c1-10-6-7(12(3)8(10)14)13(5-16-4)9(15)11(6)2/h6-7H,5H2,1-4H3. The van der Waals surface area contributed by atoms with Crippen molar-refractivity contribution in [3.05, 3.63) is 0 Å². The molecule has 0 N–H and O–H groups in total. The predicted molar refractivity (Wildman–Crippen MR) is 55.4 cm³/mol. The van der Waals surface area contributed by atoms with Crippen LogP contribution in [0.3, 0.4) is 0 Å². The van der Waals surface area contributed by atoms with Gasteiger partial charge in [0, 0.05) is 28.3 Å². The van der Waals surface area contributed by atoms with Gasteiger partial charge in [-0.15, -0.1) is 0 Å². The molecule has 2 fully saturated rings. The van der Waals surface area contributed by atoms with Gasteiger partial charge in [-0.25, -0.2) is 9.59 Å². The minimum Gasteiger partial charge on any atom is -0.364 e. The summed E-state index contributed by atoms with van der Waals surface area (Å²) >= 11 is 0. The lowest BCUT2D eigenvalue weighted by molar-refractivity contribution is 0.0419. The maximum absolute atomic E-state index is 11.9. The lowest BCUT2D eigenvalue weighted by Gasteiger charge is -2.25. The van der Waals surface area contributed by atoms with Crippen molar-refractivity contribution >= 4 is 12.1 Å². The van der Waals surface area contributed by atoms with E-state index in [0.717, 1.165) is 0 Å². The monoisotopic (exact) mass is 228 g/mol. The second-order valence-electron chi connectivity index (χ2n) is 4.11.